The minimum Gasteiger partial charge on any atom is -0.378 e. The fourth-order valence-corrected chi connectivity index (χ4v) is 2.42. The van der Waals surface area contributed by atoms with Crippen molar-refractivity contribution in [3.8, 4) is 0 Å². The molecule has 3 heteroatoms. The van der Waals surface area contributed by atoms with E-state index in [4.69, 9.17) is 4.74 Å². The maximum absolute atomic E-state index is 5.75. The highest BCUT2D eigenvalue weighted by Crippen LogP contribution is 2.26. The molecule has 0 radical (unpaired) electrons. The first kappa shape index (κ1) is 11.6. The molecule has 0 bridgehead atoms. The second-order valence-electron chi connectivity index (χ2n) is 4.68. The van der Waals surface area contributed by atoms with Gasteiger partial charge in [0.15, 0.2) is 0 Å². The third kappa shape index (κ3) is 2.60. The average molecular weight is 220 g/mol. The largest absolute Gasteiger partial charge is 0.378 e. The number of piperidine rings is 1. The number of nitrogens with zero attached hydrogens (tertiary/aromatic N) is 1. The molecular weight excluding hydrogens is 200 g/mol. The Hall–Kier alpha value is -0.930. The first-order chi connectivity index (χ1) is 7.74. The van der Waals surface area contributed by atoms with Gasteiger partial charge in [-0.3, -0.25) is 4.98 Å². The molecule has 1 N–H and O–H groups in total. The minimum absolute atomic E-state index is 0.0146. The summed E-state index contributed by atoms with van der Waals surface area (Å²) in [6, 6.07) is 2.20. The smallest absolute Gasteiger partial charge is 0.0743 e. The van der Waals surface area contributed by atoms with E-state index in [0.717, 1.165) is 32.4 Å². The number of ether oxygens (including phenoxy) is 1. The lowest BCUT2D eigenvalue weighted by atomic mass is 9.86. The molecule has 2 rings (SSSR count). The fourth-order valence-electron chi connectivity index (χ4n) is 2.42. The minimum atomic E-state index is 0.0146. The summed E-state index contributed by atoms with van der Waals surface area (Å²) in [5.74, 6) is 0. The number of nitrogens with one attached hydrogen (secondary N) is 1. The first-order valence-corrected chi connectivity index (χ1v) is 5.90. The molecule has 0 aromatic carbocycles. The Bertz CT molecular complexity index is 346. The van der Waals surface area contributed by atoms with E-state index in [1.54, 1.807) is 0 Å². The van der Waals surface area contributed by atoms with Crippen LogP contribution >= 0.6 is 0 Å². The van der Waals surface area contributed by atoms with Crippen LogP contribution in [0.3, 0.4) is 0 Å². The van der Waals surface area contributed by atoms with Gasteiger partial charge >= 0.3 is 0 Å². The molecule has 0 amide bonds. The lowest BCUT2D eigenvalue weighted by molar-refractivity contribution is -0.0334. The first-order valence-electron chi connectivity index (χ1n) is 5.90. The van der Waals surface area contributed by atoms with Crippen LogP contribution in [-0.2, 0) is 11.2 Å². The van der Waals surface area contributed by atoms with Crippen molar-refractivity contribution in [1.82, 2.24) is 10.3 Å². The van der Waals surface area contributed by atoms with E-state index in [9.17, 15) is 0 Å². The molecule has 0 aliphatic carbocycles. The van der Waals surface area contributed by atoms with E-state index < -0.39 is 0 Å². The zero-order chi connectivity index (χ0) is 11.4. The van der Waals surface area contributed by atoms with Gasteiger partial charge in [0, 0.05) is 25.9 Å². The van der Waals surface area contributed by atoms with Crippen molar-refractivity contribution < 1.29 is 4.74 Å². The molecule has 88 valence electrons. The Morgan fingerprint density at radius 2 is 2.12 bits per heavy atom. The van der Waals surface area contributed by atoms with Gasteiger partial charge < -0.3 is 10.1 Å². The van der Waals surface area contributed by atoms with Crippen molar-refractivity contribution in [2.24, 2.45) is 0 Å². The number of pyridine rings is 1. The van der Waals surface area contributed by atoms with E-state index in [2.05, 4.69) is 23.3 Å². The van der Waals surface area contributed by atoms with Crippen LogP contribution in [0.2, 0.25) is 0 Å². The number of aromatic nitrogens is 1. The second kappa shape index (κ2) is 4.93. The van der Waals surface area contributed by atoms with E-state index in [1.807, 2.05) is 19.5 Å². The molecule has 1 saturated heterocycles. The van der Waals surface area contributed by atoms with Crippen LogP contribution in [0.15, 0.2) is 18.5 Å². The molecule has 16 heavy (non-hydrogen) atoms. The van der Waals surface area contributed by atoms with Gasteiger partial charge in [-0.25, -0.2) is 0 Å². The monoisotopic (exact) mass is 220 g/mol. The predicted octanol–water partition coefficient (Wildman–Crippen LogP) is 1.70. The second-order valence-corrected chi connectivity index (χ2v) is 4.68. The van der Waals surface area contributed by atoms with Gasteiger partial charge in [-0.15, -0.1) is 0 Å². The molecule has 0 saturated carbocycles. The predicted molar refractivity (Wildman–Crippen MR) is 64.5 cm³/mol. The average Bonchev–Trinajstić information content (AvgIpc) is 2.30. The van der Waals surface area contributed by atoms with Gasteiger partial charge in [0.2, 0.25) is 0 Å². The normalized spacial score (nSPS) is 19.6. The van der Waals surface area contributed by atoms with Crippen molar-refractivity contribution in [3.05, 3.63) is 29.6 Å². The van der Waals surface area contributed by atoms with Crippen molar-refractivity contribution in [3.63, 3.8) is 0 Å². The van der Waals surface area contributed by atoms with Crippen LogP contribution in [0.4, 0.5) is 0 Å². The fraction of sp³-hybridized carbons (Fsp3) is 0.615. The van der Waals surface area contributed by atoms with Gasteiger partial charge in [0.05, 0.1) is 5.60 Å². The molecule has 1 aromatic rings. The Morgan fingerprint density at radius 3 is 2.75 bits per heavy atom. The topological polar surface area (TPSA) is 34.1 Å². The Kier molecular flexibility index (Phi) is 3.56. The van der Waals surface area contributed by atoms with Crippen molar-refractivity contribution >= 4 is 0 Å². The maximum Gasteiger partial charge on any atom is 0.0743 e. The van der Waals surface area contributed by atoms with E-state index in [0.29, 0.717) is 0 Å². The molecule has 1 aromatic heterocycles. The molecule has 1 aliphatic rings. The van der Waals surface area contributed by atoms with Gasteiger partial charge in [0.25, 0.3) is 0 Å². The van der Waals surface area contributed by atoms with Crippen molar-refractivity contribution in [2.75, 3.05) is 20.2 Å². The maximum atomic E-state index is 5.75. The molecule has 0 atom stereocenters. The molecule has 2 heterocycles. The van der Waals surface area contributed by atoms with Crippen LogP contribution in [0.1, 0.15) is 24.0 Å². The van der Waals surface area contributed by atoms with Gasteiger partial charge in [-0.2, -0.15) is 0 Å². The summed E-state index contributed by atoms with van der Waals surface area (Å²) in [5.41, 5.74) is 2.52. The number of aryl methyl sites for hydroxylation is 1. The van der Waals surface area contributed by atoms with Gasteiger partial charge in [-0.05, 0) is 44.0 Å². The summed E-state index contributed by atoms with van der Waals surface area (Å²) in [6.45, 7) is 4.18. The zero-order valence-electron chi connectivity index (χ0n) is 10.1. The summed E-state index contributed by atoms with van der Waals surface area (Å²) < 4.78 is 5.75. The van der Waals surface area contributed by atoms with Crippen LogP contribution in [0.25, 0.3) is 0 Å². The van der Waals surface area contributed by atoms with Gasteiger partial charge in [-0.1, -0.05) is 6.07 Å². The quantitative estimate of drug-likeness (QED) is 0.842. The summed E-state index contributed by atoms with van der Waals surface area (Å²) in [5, 5.41) is 3.38. The standard InChI is InChI=1S/C13H20N2O/c1-11-7-12(10-15-9-11)8-13(16-2)3-5-14-6-4-13/h7,9-10,14H,3-6,8H2,1-2H3. The lowest BCUT2D eigenvalue weighted by Gasteiger charge is -2.36. The highest BCUT2D eigenvalue weighted by Gasteiger charge is 2.31. The number of rotatable bonds is 3. The van der Waals surface area contributed by atoms with E-state index in [-0.39, 0.29) is 5.60 Å². The summed E-state index contributed by atoms with van der Waals surface area (Å²) in [6.07, 6.45) is 6.98. The third-order valence-electron chi connectivity index (χ3n) is 3.41. The Balaban J connectivity index is 2.11. The Morgan fingerprint density at radius 1 is 1.38 bits per heavy atom. The summed E-state index contributed by atoms with van der Waals surface area (Å²) in [7, 11) is 1.83. The van der Waals surface area contributed by atoms with Crippen LogP contribution in [0, 0.1) is 6.92 Å². The van der Waals surface area contributed by atoms with Crippen molar-refractivity contribution in [2.45, 2.75) is 31.8 Å². The number of hydrogen-bond acceptors (Lipinski definition) is 3. The molecule has 0 unspecified atom stereocenters. The molecular formula is C13H20N2O. The van der Waals surface area contributed by atoms with Gasteiger partial charge in [0.1, 0.15) is 0 Å². The van der Waals surface area contributed by atoms with Crippen LogP contribution in [0.5, 0.6) is 0 Å². The number of methoxy groups -OCH3 is 1. The lowest BCUT2D eigenvalue weighted by Crippen LogP contribution is -2.45. The third-order valence-corrected chi connectivity index (χ3v) is 3.41. The van der Waals surface area contributed by atoms with E-state index in [1.165, 1.54) is 11.1 Å². The molecule has 0 spiro atoms. The van der Waals surface area contributed by atoms with Crippen molar-refractivity contribution in [1.29, 1.82) is 0 Å². The highest BCUT2D eigenvalue weighted by atomic mass is 16.5. The Labute approximate surface area is 97.2 Å². The van der Waals surface area contributed by atoms with E-state index >= 15 is 0 Å². The molecule has 3 nitrogen and oxygen atoms in total. The number of hydrogen-bond donors (Lipinski definition) is 1. The van der Waals surface area contributed by atoms with Crippen LogP contribution < -0.4 is 5.32 Å². The summed E-state index contributed by atoms with van der Waals surface area (Å²) in [4.78, 5) is 4.24. The molecule has 1 fully saturated rings. The molecule has 1 aliphatic heterocycles. The highest BCUT2D eigenvalue weighted by molar-refractivity contribution is 5.19. The zero-order valence-corrected chi connectivity index (χ0v) is 10.1. The van der Waals surface area contributed by atoms with Crippen LogP contribution in [-0.4, -0.2) is 30.8 Å². The SMILES string of the molecule is COC1(Cc2cncc(C)c2)CCNCC1. The summed E-state index contributed by atoms with van der Waals surface area (Å²) >= 11 is 0.